The van der Waals surface area contributed by atoms with E-state index in [1.807, 2.05) is 30.1 Å². The second-order valence-electron chi connectivity index (χ2n) is 6.06. The molecule has 1 saturated carbocycles. The molecule has 2 N–H and O–H groups in total. The van der Waals surface area contributed by atoms with Gasteiger partial charge in [-0.2, -0.15) is 5.10 Å². The number of aliphatic hydroxyl groups is 1. The molecule has 1 fully saturated rings. The second kappa shape index (κ2) is 7.55. The Bertz CT molecular complexity index is 646. The highest BCUT2D eigenvalue weighted by Gasteiger charge is 2.28. The Morgan fingerprint density at radius 1 is 1.54 bits per heavy atom. The van der Waals surface area contributed by atoms with Crippen LogP contribution in [0.3, 0.4) is 0 Å². The van der Waals surface area contributed by atoms with Gasteiger partial charge < -0.3 is 15.2 Å². The van der Waals surface area contributed by atoms with Crippen molar-refractivity contribution in [1.29, 1.82) is 0 Å². The van der Waals surface area contributed by atoms with Gasteiger partial charge in [0.05, 0.1) is 22.8 Å². The number of hydrazone groups is 1. The van der Waals surface area contributed by atoms with Crippen LogP contribution in [0.1, 0.15) is 26.7 Å². The summed E-state index contributed by atoms with van der Waals surface area (Å²) in [5, 5.41) is 19.4. The van der Waals surface area contributed by atoms with E-state index in [2.05, 4.69) is 10.4 Å². The predicted octanol–water partition coefficient (Wildman–Crippen LogP) is 2.68. The minimum absolute atomic E-state index is 0.00127. The number of benzene rings is 1. The maximum atomic E-state index is 11.8. The topological polar surface area (TPSA) is 74.2 Å². The maximum Gasteiger partial charge on any atom is 0.234 e. The van der Waals surface area contributed by atoms with Gasteiger partial charge in [0.25, 0.3) is 0 Å². The van der Waals surface area contributed by atoms with Crippen LogP contribution in [0.15, 0.2) is 28.2 Å². The van der Waals surface area contributed by atoms with Gasteiger partial charge in [0, 0.05) is 18.0 Å². The summed E-state index contributed by atoms with van der Waals surface area (Å²) in [5.74, 6) is 1.04. The molecule has 0 bridgehead atoms. The SMILES string of the molecule is CCOC(O)/C(C)=N/N(CC1CC1)c1cccc2c1NC(=O)CS2. The van der Waals surface area contributed by atoms with Crippen molar-refractivity contribution in [2.75, 3.05) is 29.2 Å². The summed E-state index contributed by atoms with van der Waals surface area (Å²) in [4.78, 5) is 12.9. The van der Waals surface area contributed by atoms with Gasteiger partial charge in [-0.25, -0.2) is 0 Å². The summed E-state index contributed by atoms with van der Waals surface area (Å²) in [6.45, 7) is 4.78. The Kier molecular flexibility index (Phi) is 5.43. The minimum Gasteiger partial charge on any atom is -0.363 e. The van der Waals surface area contributed by atoms with E-state index in [9.17, 15) is 9.90 Å². The zero-order valence-electron chi connectivity index (χ0n) is 14.0. The normalized spacial score (nSPS) is 18.8. The van der Waals surface area contributed by atoms with Crippen LogP contribution >= 0.6 is 11.8 Å². The van der Waals surface area contributed by atoms with E-state index >= 15 is 0 Å². The lowest BCUT2D eigenvalue weighted by Gasteiger charge is -2.27. The molecular weight excluding hydrogens is 326 g/mol. The van der Waals surface area contributed by atoms with Crippen molar-refractivity contribution in [2.45, 2.75) is 37.9 Å². The number of nitrogens with zero attached hydrogens (tertiary/aromatic N) is 2. The van der Waals surface area contributed by atoms with Crippen molar-refractivity contribution in [3.05, 3.63) is 18.2 Å². The van der Waals surface area contributed by atoms with Gasteiger partial charge >= 0.3 is 0 Å². The van der Waals surface area contributed by atoms with Crippen molar-refractivity contribution in [1.82, 2.24) is 0 Å². The Morgan fingerprint density at radius 3 is 3.04 bits per heavy atom. The predicted molar refractivity (Wildman–Crippen MR) is 96.6 cm³/mol. The van der Waals surface area contributed by atoms with Crippen molar-refractivity contribution in [2.24, 2.45) is 11.0 Å². The van der Waals surface area contributed by atoms with Crippen LogP contribution in [0, 0.1) is 5.92 Å². The number of thioether (sulfide) groups is 1. The summed E-state index contributed by atoms with van der Waals surface area (Å²) < 4.78 is 5.21. The Morgan fingerprint density at radius 2 is 2.33 bits per heavy atom. The molecule has 2 aliphatic rings. The fraction of sp³-hybridized carbons (Fsp3) is 0.529. The van der Waals surface area contributed by atoms with Gasteiger partial charge in [-0.15, -0.1) is 11.8 Å². The van der Waals surface area contributed by atoms with Gasteiger partial charge in [-0.1, -0.05) is 6.07 Å². The maximum absolute atomic E-state index is 11.8. The Balaban J connectivity index is 1.91. The average molecular weight is 349 g/mol. The molecule has 7 heteroatoms. The molecule has 1 aromatic rings. The van der Waals surface area contributed by atoms with Gasteiger partial charge in [0.15, 0.2) is 6.29 Å². The zero-order chi connectivity index (χ0) is 17.1. The first-order valence-corrected chi connectivity index (χ1v) is 9.25. The van der Waals surface area contributed by atoms with Gasteiger partial charge in [-0.05, 0) is 44.7 Å². The van der Waals surface area contributed by atoms with E-state index < -0.39 is 6.29 Å². The van der Waals surface area contributed by atoms with E-state index in [4.69, 9.17) is 4.74 Å². The summed E-state index contributed by atoms with van der Waals surface area (Å²) in [7, 11) is 0. The summed E-state index contributed by atoms with van der Waals surface area (Å²) in [5.41, 5.74) is 2.18. The van der Waals surface area contributed by atoms with Crippen molar-refractivity contribution in [3.8, 4) is 0 Å². The van der Waals surface area contributed by atoms with Crippen LogP contribution in [-0.2, 0) is 9.53 Å². The largest absolute Gasteiger partial charge is 0.363 e. The molecule has 1 heterocycles. The average Bonchev–Trinajstić information content (AvgIpc) is 3.38. The molecule has 1 amide bonds. The molecule has 1 aromatic carbocycles. The number of anilines is 2. The molecule has 0 saturated heterocycles. The molecule has 0 aromatic heterocycles. The van der Waals surface area contributed by atoms with Crippen molar-refractivity contribution >= 4 is 34.8 Å². The van der Waals surface area contributed by atoms with E-state index in [0.29, 0.717) is 24.0 Å². The monoisotopic (exact) mass is 349 g/mol. The first-order valence-electron chi connectivity index (χ1n) is 8.26. The van der Waals surface area contributed by atoms with Crippen LogP contribution in [0.4, 0.5) is 11.4 Å². The Labute approximate surface area is 146 Å². The van der Waals surface area contributed by atoms with Crippen LogP contribution in [0.5, 0.6) is 0 Å². The van der Waals surface area contributed by atoms with E-state index in [1.54, 1.807) is 6.92 Å². The number of carbonyl (C=O) groups excluding carboxylic acids is 1. The molecule has 1 unspecified atom stereocenters. The van der Waals surface area contributed by atoms with Crippen molar-refractivity contribution in [3.63, 3.8) is 0 Å². The number of amides is 1. The number of nitrogens with one attached hydrogen (secondary N) is 1. The lowest BCUT2D eigenvalue weighted by Crippen LogP contribution is -2.29. The van der Waals surface area contributed by atoms with Crippen LogP contribution < -0.4 is 10.3 Å². The standard InChI is InChI=1S/C17H23N3O3S/c1-3-23-17(22)11(2)19-20(9-12-7-8-12)13-5-4-6-14-16(13)18-15(21)10-24-14/h4-6,12,17,22H,3,7-10H2,1-2H3,(H,18,21)/b19-11+. The van der Waals surface area contributed by atoms with E-state index in [0.717, 1.165) is 22.8 Å². The molecule has 3 rings (SSSR count). The summed E-state index contributed by atoms with van der Waals surface area (Å²) >= 11 is 1.53. The first kappa shape index (κ1) is 17.3. The number of rotatable bonds is 7. The third-order valence-electron chi connectivity index (χ3n) is 3.99. The molecule has 6 nitrogen and oxygen atoms in total. The summed E-state index contributed by atoms with van der Waals surface area (Å²) in [6, 6.07) is 5.93. The number of hydrogen-bond donors (Lipinski definition) is 2. The van der Waals surface area contributed by atoms with Crippen LogP contribution in [0.25, 0.3) is 0 Å². The highest BCUT2D eigenvalue weighted by molar-refractivity contribution is 8.00. The van der Waals surface area contributed by atoms with Crippen LogP contribution in [0.2, 0.25) is 0 Å². The lowest BCUT2D eigenvalue weighted by molar-refractivity contribution is -0.113. The lowest BCUT2D eigenvalue weighted by atomic mass is 10.2. The number of carbonyl (C=O) groups is 1. The van der Waals surface area contributed by atoms with Gasteiger partial charge in [0.1, 0.15) is 0 Å². The highest BCUT2D eigenvalue weighted by Crippen LogP contribution is 2.40. The smallest absolute Gasteiger partial charge is 0.234 e. The fourth-order valence-corrected chi connectivity index (χ4v) is 3.39. The Hall–Kier alpha value is -1.57. The number of para-hydroxylation sites is 1. The number of fused-ring (bicyclic) bond motifs is 1. The highest BCUT2D eigenvalue weighted by atomic mass is 32.2. The quantitative estimate of drug-likeness (QED) is 0.450. The molecule has 1 aliphatic heterocycles. The molecule has 1 aliphatic carbocycles. The van der Waals surface area contributed by atoms with E-state index in [-0.39, 0.29) is 5.91 Å². The number of ether oxygens (including phenoxy) is 1. The van der Waals surface area contributed by atoms with E-state index in [1.165, 1.54) is 24.6 Å². The molecule has 130 valence electrons. The first-order chi connectivity index (χ1) is 11.6. The van der Waals surface area contributed by atoms with Gasteiger partial charge in [-0.3, -0.25) is 9.80 Å². The third-order valence-corrected chi connectivity index (χ3v) is 5.05. The zero-order valence-corrected chi connectivity index (χ0v) is 14.8. The van der Waals surface area contributed by atoms with Crippen molar-refractivity contribution < 1.29 is 14.6 Å². The fourth-order valence-electron chi connectivity index (χ4n) is 2.56. The molecule has 1 atom stereocenters. The summed E-state index contributed by atoms with van der Waals surface area (Å²) in [6.07, 6.45) is 1.37. The van der Waals surface area contributed by atoms with Crippen LogP contribution in [-0.4, -0.2) is 41.9 Å². The number of aliphatic hydroxyl groups excluding tert-OH is 1. The molecule has 24 heavy (non-hydrogen) atoms. The molecule has 0 spiro atoms. The molecular formula is C17H23N3O3S. The van der Waals surface area contributed by atoms with Gasteiger partial charge in [0.2, 0.25) is 5.91 Å². The third kappa shape index (κ3) is 4.09. The number of hydrogen-bond acceptors (Lipinski definition) is 6. The minimum atomic E-state index is -1.01. The molecule has 0 radical (unpaired) electrons. The second-order valence-corrected chi connectivity index (χ2v) is 7.08.